The van der Waals surface area contributed by atoms with Crippen LogP contribution >= 0.6 is 23.4 Å². The van der Waals surface area contributed by atoms with Crippen LogP contribution in [0, 0.1) is 6.92 Å². The van der Waals surface area contributed by atoms with Crippen LogP contribution < -0.4 is 10.1 Å². The molecule has 9 heteroatoms. The summed E-state index contributed by atoms with van der Waals surface area (Å²) in [6, 6.07) is 16.8. The maximum Gasteiger partial charge on any atom is 0.234 e. The standard InChI is InChI=1S/C24H22ClN5O2S/c1-3-32-20-8-6-19(7-9-20)30-23(17-10-12-26-13-11-17)28-29-24(30)33-15-22(31)27-21-14-18(25)5-4-16(21)2/h4-14H,3,15H2,1-2H3,(H,27,31). The lowest BCUT2D eigenvalue weighted by Gasteiger charge is -2.12. The van der Waals surface area contributed by atoms with Crippen molar-refractivity contribution in [1.82, 2.24) is 19.7 Å². The first-order chi connectivity index (χ1) is 16.0. The summed E-state index contributed by atoms with van der Waals surface area (Å²) in [6.07, 6.45) is 3.42. The van der Waals surface area contributed by atoms with Gasteiger partial charge in [-0.3, -0.25) is 14.3 Å². The molecule has 0 atom stereocenters. The van der Waals surface area contributed by atoms with Gasteiger partial charge < -0.3 is 10.1 Å². The smallest absolute Gasteiger partial charge is 0.234 e. The number of amides is 1. The molecule has 0 saturated carbocycles. The van der Waals surface area contributed by atoms with E-state index < -0.39 is 0 Å². The Balaban J connectivity index is 1.59. The van der Waals surface area contributed by atoms with E-state index in [-0.39, 0.29) is 11.7 Å². The van der Waals surface area contributed by atoms with Crippen molar-refractivity contribution in [2.45, 2.75) is 19.0 Å². The molecule has 0 aliphatic carbocycles. The number of nitrogens with zero attached hydrogens (tertiary/aromatic N) is 4. The molecule has 1 amide bonds. The highest BCUT2D eigenvalue weighted by Gasteiger charge is 2.18. The summed E-state index contributed by atoms with van der Waals surface area (Å²) < 4.78 is 7.48. The average Bonchev–Trinajstić information content (AvgIpc) is 3.25. The van der Waals surface area contributed by atoms with Crippen LogP contribution in [0.2, 0.25) is 5.02 Å². The van der Waals surface area contributed by atoms with Crippen molar-refractivity contribution in [2.24, 2.45) is 0 Å². The van der Waals surface area contributed by atoms with E-state index in [4.69, 9.17) is 16.3 Å². The van der Waals surface area contributed by atoms with Gasteiger partial charge in [-0.1, -0.05) is 29.4 Å². The number of carbonyl (C=O) groups is 1. The maximum atomic E-state index is 12.6. The molecule has 4 aromatic rings. The summed E-state index contributed by atoms with van der Waals surface area (Å²) in [5, 5.41) is 12.8. The van der Waals surface area contributed by atoms with E-state index in [1.165, 1.54) is 11.8 Å². The van der Waals surface area contributed by atoms with Gasteiger partial charge in [-0.25, -0.2) is 0 Å². The van der Waals surface area contributed by atoms with Crippen molar-refractivity contribution >= 4 is 35.0 Å². The Hall–Kier alpha value is -3.36. The zero-order chi connectivity index (χ0) is 23.2. The lowest BCUT2D eigenvalue weighted by molar-refractivity contribution is -0.113. The number of thioether (sulfide) groups is 1. The molecule has 1 N–H and O–H groups in total. The molecule has 2 aromatic heterocycles. The fourth-order valence-electron chi connectivity index (χ4n) is 3.19. The lowest BCUT2D eigenvalue weighted by Crippen LogP contribution is -2.15. The Morgan fingerprint density at radius 1 is 1.09 bits per heavy atom. The second-order valence-corrected chi connectivity index (χ2v) is 8.48. The minimum atomic E-state index is -0.155. The Morgan fingerprint density at radius 3 is 2.58 bits per heavy atom. The summed E-state index contributed by atoms with van der Waals surface area (Å²) in [7, 11) is 0. The van der Waals surface area contributed by atoms with E-state index >= 15 is 0 Å². The highest BCUT2D eigenvalue weighted by Crippen LogP contribution is 2.29. The van der Waals surface area contributed by atoms with E-state index in [0.717, 1.165) is 22.6 Å². The molecular weight excluding hydrogens is 458 g/mol. The molecule has 0 fully saturated rings. The van der Waals surface area contributed by atoms with Crippen molar-refractivity contribution in [2.75, 3.05) is 17.7 Å². The number of pyridine rings is 1. The van der Waals surface area contributed by atoms with Crippen LogP contribution in [0.25, 0.3) is 17.1 Å². The molecule has 0 aliphatic heterocycles. The number of carbonyl (C=O) groups excluding carboxylic acids is 1. The third kappa shape index (κ3) is 5.53. The molecular formula is C24H22ClN5O2S. The summed E-state index contributed by atoms with van der Waals surface area (Å²) in [4.78, 5) is 16.7. The van der Waals surface area contributed by atoms with Crippen LogP contribution in [0.3, 0.4) is 0 Å². The Labute approximate surface area is 201 Å². The number of hydrogen-bond donors (Lipinski definition) is 1. The van der Waals surface area contributed by atoms with Crippen molar-refractivity contribution < 1.29 is 9.53 Å². The number of ether oxygens (including phenoxy) is 1. The number of aryl methyl sites for hydroxylation is 1. The van der Waals surface area contributed by atoms with Crippen LogP contribution in [-0.2, 0) is 4.79 Å². The van der Waals surface area contributed by atoms with Gasteiger partial charge in [0, 0.05) is 34.4 Å². The van der Waals surface area contributed by atoms with E-state index in [1.54, 1.807) is 24.5 Å². The van der Waals surface area contributed by atoms with E-state index in [9.17, 15) is 4.79 Å². The highest BCUT2D eigenvalue weighted by molar-refractivity contribution is 7.99. The van der Waals surface area contributed by atoms with Crippen molar-refractivity contribution in [3.8, 4) is 22.8 Å². The summed E-state index contributed by atoms with van der Waals surface area (Å²) in [5.41, 5.74) is 3.37. The zero-order valence-electron chi connectivity index (χ0n) is 18.2. The van der Waals surface area contributed by atoms with Crippen LogP contribution in [0.1, 0.15) is 12.5 Å². The SMILES string of the molecule is CCOc1ccc(-n2c(SCC(=O)Nc3cc(Cl)ccc3C)nnc2-c2ccncc2)cc1. The lowest BCUT2D eigenvalue weighted by atomic mass is 10.2. The van der Waals surface area contributed by atoms with Gasteiger partial charge in [-0.05, 0) is 67.9 Å². The van der Waals surface area contributed by atoms with Gasteiger partial charge in [0.2, 0.25) is 5.91 Å². The van der Waals surface area contributed by atoms with Gasteiger partial charge in [-0.15, -0.1) is 10.2 Å². The Morgan fingerprint density at radius 2 is 1.85 bits per heavy atom. The van der Waals surface area contributed by atoms with E-state index in [2.05, 4.69) is 20.5 Å². The van der Waals surface area contributed by atoms with Gasteiger partial charge in [0.05, 0.1) is 12.4 Å². The third-order valence-electron chi connectivity index (χ3n) is 4.78. The van der Waals surface area contributed by atoms with Crippen LogP contribution in [0.4, 0.5) is 5.69 Å². The second-order valence-electron chi connectivity index (χ2n) is 7.10. The molecule has 0 spiro atoms. The summed E-state index contributed by atoms with van der Waals surface area (Å²) in [5.74, 6) is 1.45. The second kappa shape index (κ2) is 10.5. The predicted molar refractivity (Wildman–Crippen MR) is 131 cm³/mol. The first kappa shape index (κ1) is 22.8. The molecule has 0 radical (unpaired) electrons. The molecule has 33 heavy (non-hydrogen) atoms. The number of nitrogens with one attached hydrogen (secondary N) is 1. The van der Waals surface area contributed by atoms with Crippen LogP contribution in [0.15, 0.2) is 72.1 Å². The van der Waals surface area contributed by atoms with Crippen molar-refractivity contribution in [3.63, 3.8) is 0 Å². The number of anilines is 1. The molecule has 4 rings (SSSR count). The van der Waals surface area contributed by atoms with E-state index in [0.29, 0.717) is 28.3 Å². The molecule has 0 bridgehead atoms. The fraction of sp³-hybridized carbons (Fsp3) is 0.167. The molecule has 0 unspecified atom stereocenters. The van der Waals surface area contributed by atoms with Crippen molar-refractivity contribution in [3.05, 3.63) is 77.6 Å². The average molecular weight is 480 g/mol. The van der Waals surface area contributed by atoms with Crippen LogP contribution in [0.5, 0.6) is 5.75 Å². The Bertz CT molecular complexity index is 1250. The number of hydrogen-bond acceptors (Lipinski definition) is 6. The summed E-state index contributed by atoms with van der Waals surface area (Å²) >= 11 is 7.37. The van der Waals surface area contributed by atoms with Gasteiger partial charge in [0.25, 0.3) is 0 Å². The fourth-order valence-corrected chi connectivity index (χ4v) is 4.11. The van der Waals surface area contributed by atoms with Gasteiger partial charge >= 0.3 is 0 Å². The zero-order valence-corrected chi connectivity index (χ0v) is 19.7. The Kier molecular flexibility index (Phi) is 7.26. The molecule has 2 aromatic carbocycles. The molecule has 2 heterocycles. The van der Waals surface area contributed by atoms with Gasteiger partial charge in [-0.2, -0.15) is 0 Å². The topological polar surface area (TPSA) is 81.9 Å². The number of halogens is 1. The molecule has 0 saturated heterocycles. The van der Waals surface area contributed by atoms with Gasteiger partial charge in [0.15, 0.2) is 11.0 Å². The van der Waals surface area contributed by atoms with Gasteiger partial charge in [0.1, 0.15) is 5.75 Å². The molecule has 7 nitrogen and oxygen atoms in total. The maximum absolute atomic E-state index is 12.6. The highest BCUT2D eigenvalue weighted by atomic mass is 35.5. The quantitative estimate of drug-likeness (QED) is 0.340. The van der Waals surface area contributed by atoms with Crippen molar-refractivity contribution in [1.29, 1.82) is 0 Å². The monoisotopic (exact) mass is 479 g/mol. The number of benzene rings is 2. The first-order valence-corrected chi connectivity index (χ1v) is 11.7. The predicted octanol–water partition coefficient (Wildman–Crippen LogP) is 5.42. The minimum Gasteiger partial charge on any atom is -0.494 e. The number of aromatic nitrogens is 4. The number of rotatable bonds is 8. The minimum absolute atomic E-state index is 0.155. The normalized spacial score (nSPS) is 10.8. The molecule has 168 valence electrons. The largest absolute Gasteiger partial charge is 0.494 e. The molecule has 0 aliphatic rings. The first-order valence-electron chi connectivity index (χ1n) is 10.3. The van der Waals surface area contributed by atoms with E-state index in [1.807, 2.05) is 60.9 Å². The van der Waals surface area contributed by atoms with Crippen LogP contribution in [-0.4, -0.2) is 38.0 Å². The third-order valence-corrected chi connectivity index (χ3v) is 5.95. The summed E-state index contributed by atoms with van der Waals surface area (Å²) in [6.45, 7) is 4.46.